The fraction of sp³-hybridized carbons (Fsp3) is 0.133. The van der Waals surface area contributed by atoms with Crippen LogP contribution in [0.2, 0.25) is 5.02 Å². The van der Waals surface area contributed by atoms with Gasteiger partial charge in [0.25, 0.3) is 5.69 Å². The van der Waals surface area contributed by atoms with Gasteiger partial charge in [0.2, 0.25) is 0 Å². The third-order valence-electron chi connectivity index (χ3n) is 3.07. The van der Waals surface area contributed by atoms with Crippen molar-refractivity contribution >= 4 is 23.0 Å². The number of hydrogen-bond acceptors (Lipinski definition) is 5. The fourth-order valence-corrected chi connectivity index (χ4v) is 2.22. The highest BCUT2D eigenvalue weighted by Crippen LogP contribution is 2.30. The van der Waals surface area contributed by atoms with E-state index in [1.54, 1.807) is 18.2 Å². The third kappa shape index (κ3) is 3.27. The van der Waals surface area contributed by atoms with Crippen molar-refractivity contribution in [2.75, 3.05) is 12.4 Å². The summed E-state index contributed by atoms with van der Waals surface area (Å²) in [5.41, 5.74) is 1.08. The van der Waals surface area contributed by atoms with Crippen LogP contribution >= 0.6 is 11.6 Å². The Balaban J connectivity index is 2.30. The lowest BCUT2D eigenvalue weighted by Crippen LogP contribution is -2.05. The molecule has 2 rings (SSSR count). The highest BCUT2D eigenvalue weighted by atomic mass is 35.5. The molecule has 0 fully saturated rings. The van der Waals surface area contributed by atoms with E-state index in [0.29, 0.717) is 22.0 Å². The van der Waals surface area contributed by atoms with Gasteiger partial charge in [0.1, 0.15) is 11.4 Å². The van der Waals surface area contributed by atoms with Gasteiger partial charge in [-0.05, 0) is 24.3 Å². The third-order valence-corrected chi connectivity index (χ3v) is 3.43. The molecule has 0 heterocycles. The van der Waals surface area contributed by atoms with E-state index in [1.165, 1.54) is 25.3 Å². The van der Waals surface area contributed by atoms with Crippen molar-refractivity contribution in [1.29, 1.82) is 5.26 Å². The van der Waals surface area contributed by atoms with Crippen LogP contribution in [-0.4, -0.2) is 12.0 Å². The molecule has 0 unspecified atom stereocenters. The zero-order valence-corrected chi connectivity index (χ0v) is 12.4. The molecule has 0 aliphatic carbocycles. The summed E-state index contributed by atoms with van der Waals surface area (Å²) < 4.78 is 5.23. The van der Waals surface area contributed by atoms with Gasteiger partial charge in [-0.2, -0.15) is 5.26 Å². The lowest BCUT2D eigenvalue weighted by molar-refractivity contribution is -0.384. The molecule has 0 aliphatic rings. The van der Waals surface area contributed by atoms with E-state index >= 15 is 0 Å². The van der Waals surface area contributed by atoms with Crippen molar-refractivity contribution in [3.05, 3.63) is 62.7 Å². The van der Waals surface area contributed by atoms with E-state index in [4.69, 9.17) is 21.6 Å². The van der Waals surface area contributed by atoms with Crippen LogP contribution in [0.4, 0.5) is 11.4 Å². The summed E-state index contributed by atoms with van der Waals surface area (Å²) in [5.74, 6) is 0.594. The number of rotatable bonds is 5. The molecule has 0 spiro atoms. The molecule has 0 aromatic heterocycles. The Kier molecular flexibility index (Phi) is 4.81. The normalized spacial score (nSPS) is 9.86. The Morgan fingerprint density at radius 3 is 2.82 bits per heavy atom. The van der Waals surface area contributed by atoms with Crippen LogP contribution in [0.25, 0.3) is 0 Å². The first-order valence-corrected chi connectivity index (χ1v) is 6.68. The number of nitro benzene ring substituents is 1. The van der Waals surface area contributed by atoms with Gasteiger partial charge in [0.05, 0.1) is 23.7 Å². The number of ether oxygens (including phenoxy) is 1. The molecule has 1 N–H and O–H groups in total. The average molecular weight is 318 g/mol. The summed E-state index contributed by atoms with van der Waals surface area (Å²) in [6.45, 7) is 0.260. The standard InChI is InChI=1S/C15H12ClN3O3/c1-22-15-4-2-3-12(16)11(15)9-18-13-6-5-10(8-17)7-14(13)19(20)21/h2-7,18H,9H2,1H3. The molecular weight excluding hydrogens is 306 g/mol. The molecule has 0 saturated heterocycles. The van der Waals surface area contributed by atoms with Crippen molar-refractivity contribution in [2.24, 2.45) is 0 Å². The van der Waals surface area contributed by atoms with Crippen LogP contribution in [0.15, 0.2) is 36.4 Å². The van der Waals surface area contributed by atoms with E-state index in [2.05, 4.69) is 5.32 Å². The molecule has 0 atom stereocenters. The Bertz CT molecular complexity index is 756. The Hall–Kier alpha value is -2.78. The van der Waals surface area contributed by atoms with E-state index in [-0.39, 0.29) is 17.8 Å². The summed E-state index contributed by atoms with van der Waals surface area (Å²) in [6.07, 6.45) is 0. The first kappa shape index (κ1) is 15.6. The highest BCUT2D eigenvalue weighted by molar-refractivity contribution is 6.31. The maximum Gasteiger partial charge on any atom is 0.293 e. The molecule has 112 valence electrons. The Morgan fingerprint density at radius 1 is 1.41 bits per heavy atom. The van der Waals surface area contributed by atoms with Gasteiger partial charge in [-0.25, -0.2) is 0 Å². The maximum atomic E-state index is 11.1. The largest absolute Gasteiger partial charge is 0.496 e. The smallest absolute Gasteiger partial charge is 0.293 e. The van der Waals surface area contributed by atoms with Gasteiger partial charge in [-0.3, -0.25) is 10.1 Å². The van der Waals surface area contributed by atoms with Crippen molar-refractivity contribution in [3.8, 4) is 11.8 Å². The molecule has 7 heteroatoms. The van der Waals surface area contributed by atoms with Gasteiger partial charge in [-0.15, -0.1) is 0 Å². The van der Waals surface area contributed by atoms with Crippen molar-refractivity contribution < 1.29 is 9.66 Å². The molecule has 0 radical (unpaired) electrons. The molecule has 0 bridgehead atoms. The number of hydrogen-bond donors (Lipinski definition) is 1. The predicted molar refractivity (Wildman–Crippen MR) is 83.1 cm³/mol. The second-order valence-electron chi connectivity index (χ2n) is 4.38. The summed E-state index contributed by atoms with van der Waals surface area (Å²) in [6, 6.07) is 11.4. The number of benzene rings is 2. The molecule has 6 nitrogen and oxygen atoms in total. The number of nitrogens with zero attached hydrogens (tertiary/aromatic N) is 2. The lowest BCUT2D eigenvalue weighted by Gasteiger charge is -2.12. The predicted octanol–water partition coefficient (Wildman–Crippen LogP) is 3.74. The minimum absolute atomic E-state index is 0.162. The molecule has 0 saturated carbocycles. The summed E-state index contributed by atoms with van der Waals surface area (Å²) in [4.78, 5) is 10.6. The molecule has 0 amide bonds. The van der Waals surface area contributed by atoms with Crippen LogP contribution in [0.1, 0.15) is 11.1 Å². The van der Waals surface area contributed by atoms with E-state index < -0.39 is 4.92 Å². The maximum absolute atomic E-state index is 11.1. The zero-order valence-electron chi connectivity index (χ0n) is 11.7. The monoisotopic (exact) mass is 317 g/mol. The van der Waals surface area contributed by atoms with Crippen LogP contribution < -0.4 is 10.1 Å². The number of anilines is 1. The van der Waals surface area contributed by atoms with Gasteiger partial charge >= 0.3 is 0 Å². The molecule has 2 aromatic carbocycles. The number of nitriles is 1. The SMILES string of the molecule is COc1cccc(Cl)c1CNc1ccc(C#N)cc1[N+](=O)[O-]. The highest BCUT2D eigenvalue weighted by Gasteiger charge is 2.16. The molecule has 0 aliphatic heterocycles. The second kappa shape index (κ2) is 6.78. The number of halogens is 1. The Labute approximate surface area is 132 Å². The lowest BCUT2D eigenvalue weighted by atomic mass is 10.1. The quantitative estimate of drug-likeness (QED) is 0.670. The summed E-state index contributed by atoms with van der Waals surface area (Å²) in [5, 5.41) is 23.4. The Morgan fingerprint density at radius 2 is 2.18 bits per heavy atom. The van der Waals surface area contributed by atoms with Gasteiger partial charge in [0, 0.05) is 23.2 Å². The van der Waals surface area contributed by atoms with Crippen LogP contribution in [-0.2, 0) is 6.54 Å². The average Bonchev–Trinajstić information content (AvgIpc) is 2.53. The molecule has 2 aromatic rings. The van der Waals surface area contributed by atoms with Gasteiger partial charge in [-0.1, -0.05) is 17.7 Å². The van der Waals surface area contributed by atoms with Crippen LogP contribution in [0.3, 0.4) is 0 Å². The van der Waals surface area contributed by atoms with E-state index in [0.717, 1.165) is 0 Å². The molecular formula is C15H12ClN3O3. The van der Waals surface area contributed by atoms with Crippen LogP contribution in [0.5, 0.6) is 5.75 Å². The van der Waals surface area contributed by atoms with Crippen LogP contribution in [0, 0.1) is 21.4 Å². The van der Waals surface area contributed by atoms with Crippen molar-refractivity contribution in [1.82, 2.24) is 0 Å². The first-order valence-electron chi connectivity index (χ1n) is 6.30. The number of nitrogens with one attached hydrogen (secondary N) is 1. The van der Waals surface area contributed by atoms with Gasteiger partial charge < -0.3 is 10.1 Å². The van der Waals surface area contributed by atoms with Crippen molar-refractivity contribution in [3.63, 3.8) is 0 Å². The van der Waals surface area contributed by atoms with Gasteiger partial charge in [0.15, 0.2) is 0 Å². The summed E-state index contributed by atoms with van der Waals surface area (Å²) in [7, 11) is 1.53. The number of nitro groups is 1. The number of methoxy groups -OCH3 is 1. The second-order valence-corrected chi connectivity index (χ2v) is 4.78. The zero-order chi connectivity index (χ0) is 16.1. The fourth-order valence-electron chi connectivity index (χ4n) is 1.99. The minimum Gasteiger partial charge on any atom is -0.496 e. The van der Waals surface area contributed by atoms with Crippen molar-refractivity contribution in [2.45, 2.75) is 6.54 Å². The summed E-state index contributed by atoms with van der Waals surface area (Å²) >= 11 is 6.13. The first-order chi connectivity index (χ1) is 10.6. The topological polar surface area (TPSA) is 88.2 Å². The molecule has 22 heavy (non-hydrogen) atoms. The minimum atomic E-state index is -0.535. The van der Waals surface area contributed by atoms with E-state index in [9.17, 15) is 10.1 Å². The van der Waals surface area contributed by atoms with E-state index in [1.807, 2.05) is 6.07 Å².